The van der Waals surface area contributed by atoms with Crippen LogP contribution in [0.2, 0.25) is 0 Å². The average Bonchev–Trinajstić information content (AvgIpc) is 3.75. The minimum atomic E-state index is 0.631. The molecule has 3 heterocycles. The number of fused-ring (bicyclic) bond motifs is 7. The number of thiophene rings is 1. The van der Waals surface area contributed by atoms with Crippen molar-refractivity contribution in [3.63, 3.8) is 0 Å². The van der Waals surface area contributed by atoms with Crippen LogP contribution in [0.15, 0.2) is 170 Å². The predicted molar refractivity (Wildman–Crippen MR) is 209 cm³/mol. The fourth-order valence-corrected chi connectivity index (χ4v) is 8.39. The first-order valence-corrected chi connectivity index (χ1v) is 17.5. The van der Waals surface area contributed by atoms with Crippen LogP contribution in [-0.2, 0) is 0 Å². The highest BCUT2D eigenvalue weighted by atomic mass is 32.1. The van der Waals surface area contributed by atoms with Crippen molar-refractivity contribution in [3.8, 4) is 51.0 Å². The third kappa shape index (κ3) is 4.63. The van der Waals surface area contributed by atoms with Crippen LogP contribution in [0.25, 0.3) is 93.0 Å². The van der Waals surface area contributed by atoms with E-state index in [1.54, 1.807) is 0 Å². The third-order valence-corrected chi connectivity index (χ3v) is 10.7. The van der Waals surface area contributed by atoms with E-state index in [0.717, 1.165) is 39.0 Å². The molecule has 3 aromatic heterocycles. The van der Waals surface area contributed by atoms with Gasteiger partial charge in [0.15, 0.2) is 17.5 Å². The van der Waals surface area contributed by atoms with Gasteiger partial charge in [0.25, 0.3) is 0 Å². The van der Waals surface area contributed by atoms with Crippen LogP contribution in [0.4, 0.5) is 0 Å². The van der Waals surface area contributed by atoms with Crippen LogP contribution in [0, 0.1) is 0 Å². The van der Waals surface area contributed by atoms with Gasteiger partial charge in [0.05, 0.1) is 15.7 Å². The average molecular weight is 657 g/mol. The molecule has 234 valence electrons. The first-order valence-electron chi connectivity index (χ1n) is 16.7. The van der Waals surface area contributed by atoms with E-state index in [9.17, 15) is 0 Å². The van der Waals surface area contributed by atoms with Crippen LogP contribution >= 0.6 is 11.3 Å². The van der Waals surface area contributed by atoms with E-state index in [-0.39, 0.29) is 0 Å². The van der Waals surface area contributed by atoms with Gasteiger partial charge in [0, 0.05) is 48.6 Å². The van der Waals surface area contributed by atoms with Crippen LogP contribution in [-0.4, -0.2) is 19.5 Å². The lowest BCUT2D eigenvalue weighted by atomic mass is 9.98. The summed E-state index contributed by atoms with van der Waals surface area (Å²) in [5, 5.41) is 5.04. The van der Waals surface area contributed by atoms with E-state index < -0.39 is 0 Å². The summed E-state index contributed by atoms with van der Waals surface area (Å²) < 4.78 is 5.00. The molecule has 0 fully saturated rings. The lowest BCUT2D eigenvalue weighted by Crippen LogP contribution is -2.02. The molecule has 0 atom stereocenters. The molecule has 0 amide bonds. The Hall–Kier alpha value is -6.43. The minimum absolute atomic E-state index is 0.631. The standard InChI is InChI=1S/C45H28N4S/c1-4-14-29(15-5-1)33-25-24-32(28-38(33)45-47-43(30-16-6-2-7-17-30)46-44(48-45)31-18-8-3-9-19-31)49-39-22-12-10-20-34(39)36-26-27-37-35-21-11-13-23-40(35)50-42(37)41(36)49/h1-28H. The van der Waals surface area contributed by atoms with Gasteiger partial charge in [0.2, 0.25) is 0 Å². The molecule has 4 nitrogen and oxygen atoms in total. The molecule has 10 aromatic rings. The first-order chi connectivity index (χ1) is 24.8. The van der Waals surface area contributed by atoms with Crippen molar-refractivity contribution in [1.82, 2.24) is 19.5 Å². The molecule has 0 saturated heterocycles. The van der Waals surface area contributed by atoms with Crippen molar-refractivity contribution >= 4 is 53.3 Å². The number of aromatic nitrogens is 4. The first kappa shape index (κ1) is 28.6. The molecule has 0 radical (unpaired) electrons. The Morgan fingerprint density at radius 1 is 0.400 bits per heavy atom. The molecular weight excluding hydrogens is 629 g/mol. The predicted octanol–water partition coefficient (Wildman–Crippen LogP) is 12.0. The van der Waals surface area contributed by atoms with E-state index in [4.69, 9.17) is 15.0 Å². The summed E-state index contributed by atoms with van der Waals surface area (Å²) >= 11 is 1.86. The fraction of sp³-hybridized carbons (Fsp3) is 0. The smallest absolute Gasteiger partial charge is 0.164 e. The Morgan fingerprint density at radius 2 is 0.960 bits per heavy atom. The van der Waals surface area contributed by atoms with Crippen molar-refractivity contribution in [3.05, 3.63) is 170 Å². The number of para-hydroxylation sites is 1. The second kappa shape index (κ2) is 11.6. The van der Waals surface area contributed by atoms with E-state index in [0.29, 0.717) is 17.5 Å². The molecule has 0 aliphatic carbocycles. The molecule has 0 saturated carbocycles. The molecular formula is C45H28N4S. The van der Waals surface area contributed by atoms with Gasteiger partial charge in [-0.15, -0.1) is 11.3 Å². The van der Waals surface area contributed by atoms with Gasteiger partial charge in [-0.25, -0.2) is 15.0 Å². The Morgan fingerprint density at radius 3 is 1.66 bits per heavy atom. The molecule has 0 aliphatic heterocycles. The normalized spacial score (nSPS) is 11.6. The lowest BCUT2D eigenvalue weighted by molar-refractivity contribution is 1.07. The Balaban J connectivity index is 1.29. The monoisotopic (exact) mass is 656 g/mol. The maximum atomic E-state index is 5.18. The van der Waals surface area contributed by atoms with Crippen molar-refractivity contribution in [2.24, 2.45) is 0 Å². The highest BCUT2D eigenvalue weighted by Crippen LogP contribution is 2.44. The van der Waals surface area contributed by atoms with E-state index in [1.165, 1.54) is 36.5 Å². The van der Waals surface area contributed by atoms with Gasteiger partial charge in [0.1, 0.15) is 0 Å². The second-order valence-corrected chi connectivity index (χ2v) is 13.5. The Bertz CT molecular complexity index is 2800. The molecule has 0 bridgehead atoms. The van der Waals surface area contributed by atoms with Crippen molar-refractivity contribution in [1.29, 1.82) is 0 Å². The number of rotatable bonds is 5. The Kier molecular flexibility index (Phi) is 6.64. The summed E-state index contributed by atoms with van der Waals surface area (Å²) in [5.41, 5.74) is 8.43. The molecule has 7 aromatic carbocycles. The molecule has 0 aliphatic rings. The highest BCUT2D eigenvalue weighted by Gasteiger charge is 2.21. The summed E-state index contributed by atoms with van der Waals surface area (Å²) in [7, 11) is 0. The van der Waals surface area contributed by atoms with E-state index >= 15 is 0 Å². The molecule has 10 rings (SSSR count). The van der Waals surface area contributed by atoms with Crippen molar-refractivity contribution in [2.75, 3.05) is 0 Å². The van der Waals surface area contributed by atoms with Crippen molar-refractivity contribution < 1.29 is 0 Å². The minimum Gasteiger partial charge on any atom is -0.308 e. The quantitative estimate of drug-likeness (QED) is 0.185. The summed E-state index contributed by atoms with van der Waals surface area (Å²) in [6.07, 6.45) is 0. The van der Waals surface area contributed by atoms with Crippen molar-refractivity contribution in [2.45, 2.75) is 0 Å². The topological polar surface area (TPSA) is 43.6 Å². The maximum Gasteiger partial charge on any atom is 0.164 e. The zero-order chi connectivity index (χ0) is 33.0. The largest absolute Gasteiger partial charge is 0.308 e. The zero-order valence-corrected chi connectivity index (χ0v) is 27.7. The van der Waals surface area contributed by atoms with E-state index in [1.807, 2.05) is 47.7 Å². The van der Waals surface area contributed by atoms with Gasteiger partial charge in [-0.1, -0.05) is 146 Å². The summed E-state index contributed by atoms with van der Waals surface area (Å²) in [5.74, 6) is 1.91. The lowest BCUT2D eigenvalue weighted by Gasteiger charge is -2.15. The van der Waals surface area contributed by atoms with Gasteiger partial charge in [-0.3, -0.25) is 0 Å². The van der Waals surface area contributed by atoms with Crippen LogP contribution < -0.4 is 0 Å². The maximum absolute atomic E-state index is 5.18. The molecule has 0 unspecified atom stereocenters. The van der Waals surface area contributed by atoms with Gasteiger partial charge in [-0.2, -0.15) is 0 Å². The number of hydrogen-bond donors (Lipinski definition) is 0. The van der Waals surface area contributed by atoms with Gasteiger partial charge >= 0.3 is 0 Å². The SMILES string of the molecule is c1ccc(-c2nc(-c3ccccc3)nc(-c3cc(-n4c5ccccc5c5ccc6c7ccccc7sc6c54)ccc3-c3ccccc3)n2)cc1. The van der Waals surface area contributed by atoms with Crippen LogP contribution in [0.1, 0.15) is 0 Å². The van der Waals surface area contributed by atoms with Crippen LogP contribution in [0.3, 0.4) is 0 Å². The number of hydrogen-bond acceptors (Lipinski definition) is 4. The zero-order valence-electron chi connectivity index (χ0n) is 26.9. The van der Waals surface area contributed by atoms with Gasteiger partial charge in [-0.05, 0) is 35.4 Å². The van der Waals surface area contributed by atoms with Gasteiger partial charge < -0.3 is 4.57 Å². The molecule has 5 heteroatoms. The number of benzene rings is 7. The number of nitrogens with zero attached hydrogens (tertiary/aromatic N) is 4. The van der Waals surface area contributed by atoms with E-state index in [2.05, 4.69) is 138 Å². The second-order valence-electron chi connectivity index (χ2n) is 12.4. The summed E-state index contributed by atoms with van der Waals surface area (Å²) in [6, 6.07) is 59.6. The third-order valence-electron chi connectivity index (χ3n) is 9.47. The highest BCUT2D eigenvalue weighted by molar-refractivity contribution is 7.26. The molecule has 0 N–H and O–H groups in total. The Labute approximate surface area is 292 Å². The molecule has 0 spiro atoms. The summed E-state index contributed by atoms with van der Waals surface area (Å²) in [6.45, 7) is 0. The fourth-order valence-electron chi connectivity index (χ4n) is 7.15. The summed E-state index contributed by atoms with van der Waals surface area (Å²) in [4.78, 5) is 15.3. The molecule has 50 heavy (non-hydrogen) atoms. The van der Waals surface area contributed by atoms with Crippen LogP contribution in [0.5, 0.6) is 0 Å².